The van der Waals surface area contributed by atoms with Crippen molar-refractivity contribution in [3.63, 3.8) is 0 Å². The van der Waals surface area contributed by atoms with Crippen LogP contribution in [-0.2, 0) is 17.8 Å². The number of benzene rings is 2. The number of hydrogen-bond donors (Lipinski definition) is 1. The molecule has 0 saturated carbocycles. The van der Waals surface area contributed by atoms with Gasteiger partial charge in [-0.3, -0.25) is 9.69 Å². The van der Waals surface area contributed by atoms with Gasteiger partial charge < -0.3 is 5.32 Å². The van der Waals surface area contributed by atoms with Gasteiger partial charge in [0, 0.05) is 29.5 Å². The Kier molecular flexibility index (Phi) is 7.21. The molecule has 156 valence electrons. The molecule has 0 spiro atoms. The molecular weight excluding hydrogens is 412 g/mol. The number of carbonyl (C=O) groups is 1. The van der Waals surface area contributed by atoms with Crippen molar-refractivity contribution < 1.29 is 4.79 Å². The molecule has 1 aliphatic heterocycles. The zero-order chi connectivity index (χ0) is 20.8. The number of thiophene rings is 1. The summed E-state index contributed by atoms with van der Waals surface area (Å²) in [5, 5.41) is 5.99. The summed E-state index contributed by atoms with van der Waals surface area (Å²) < 4.78 is 0. The summed E-state index contributed by atoms with van der Waals surface area (Å²) in [5.74, 6) is 0.255. The number of amides is 1. The fraction of sp³-hybridized carbons (Fsp3) is 0.320. The molecule has 0 bridgehead atoms. The van der Waals surface area contributed by atoms with Crippen LogP contribution in [-0.4, -0.2) is 30.4 Å². The smallest absolute Gasteiger partial charge is 0.224 e. The number of rotatable bonds is 7. The molecule has 1 unspecified atom stereocenters. The molecule has 1 aromatic heterocycles. The average Bonchev–Trinajstić information content (AvgIpc) is 3.31. The van der Waals surface area contributed by atoms with Gasteiger partial charge in [-0.05, 0) is 72.1 Å². The first kappa shape index (κ1) is 21.1. The summed E-state index contributed by atoms with van der Waals surface area (Å²) in [6.45, 7) is 3.45. The van der Waals surface area contributed by atoms with Gasteiger partial charge in [0.05, 0.1) is 5.92 Å². The molecule has 1 saturated heterocycles. The van der Waals surface area contributed by atoms with Crippen LogP contribution in [0.25, 0.3) is 10.4 Å². The highest BCUT2D eigenvalue weighted by atomic mass is 35.5. The van der Waals surface area contributed by atoms with Crippen molar-refractivity contribution in [2.24, 2.45) is 5.92 Å². The van der Waals surface area contributed by atoms with Gasteiger partial charge in [0.2, 0.25) is 5.91 Å². The highest BCUT2D eigenvalue weighted by Crippen LogP contribution is 2.26. The number of piperidine rings is 1. The minimum atomic E-state index is 0.0736. The van der Waals surface area contributed by atoms with Crippen LogP contribution in [0.2, 0.25) is 5.02 Å². The number of halogens is 1. The van der Waals surface area contributed by atoms with Crippen LogP contribution in [0, 0.1) is 5.92 Å². The van der Waals surface area contributed by atoms with Crippen LogP contribution in [0.3, 0.4) is 0 Å². The minimum absolute atomic E-state index is 0.0736. The fourth-order valence-electron chi connectivity index (χ4n) is 4.06. The third-order valence-corrected chi connectivity index (χ3v) is 6.81. The third-order valence-electron chi connectivity index (χ3n) is 5.64. The summed E-state index contributed by atoms with van der Waals surface area (Å²) >= 11 is 7.70. The Balaban J connectivity index is 1.28. The Morgan fingerprint density at radius 2 is 1.97 bits per heavy atom. The van der Waals surface area contributed by atoms with Gasteiger partial charge in [-0.25, -0.2) is 0 Å². The Labute approximate surface area is 187 Å². The second-order valence-electron chi connectivity index (χ2n) is 7.92. The van der Waals surface area contributed by atoms with Crippen LogP contribution in [0.15, 0.2) is 66.0 Å². The Morgan fingerprint density at radius 3 is 2.77 bits per heavy atom. The molecule has 2 heterocycles. The highest BCUT2D eigenvalue weighted by molar-refractivity contribution is 7.13. The van der Waals surface area contributed by atoms with E-state index in [1.165, 1.54) is 21.6 Å². The summed E-state index contributed by atoms with van der Waals surface area (Å²) in [7, 11) is 0. The molecule has 4 rings (SSSR count). The van der Waals surface area contributed by atoms with Crippen molar-refractivity contribution in [3.8, 4) is 10.4 Å². The zero-order valence-electron chi connectivity index (χ0n) is 17.0. The van der Waals surface area contributed by atoms with Crippen molar-refractivity contribution in [1.29, 1.82) is 0 Å². The van der Waals surface area contributed by atoms with Crippen LogP contribution in [0.1, 0.15) is 24.0 Å². The largest absolute Gasteiger partial charge is 0.355 e. The van der Waals surface area contributed by atoms with Crippen LogP contribution in [0.4, 0.5) is 0 Å². The maximum absolute atomic E-state index is 12.7. The van der Waals surface area contributed by atoms with Gasteiger partial charge in [0.1, 0.15) is 0 Å². The third kappa shape index (κ3) is 5.72. The Bertz CT molecular complexity index is 956. The molecule has 3 nitrogen and oxygen atoms in total. The van der Waals surface area contributed by atoms with E-state index >= 15 is 0 Å². The standard InChI is InChI=1S/C25H27ClN2OS/c26-23-10-8-19(9-11-23)12-13-27-25(29)22-6-2-14-28(18-22)17-20-4-1-5-21(16-20)24-7-3-15-30-24/h1,3-5,7-11,15-16,22H,2,6,12-14,17-18H2,(H,27,29). The van der Waals surface area contributed by atoms with E-state index in [2.05, 4.69) is 52.0 Å². The van der Waals surface area contributed by atoms with Crippen LogP contribution >= 0.6 is 22.9 Å². The molecule has 1 amide bonds. The Hall–Kier alpha value is -2.14. The second-order valence-corrected chi connectivity index (χ2v) is 9.30. The number of carbonyl (C=O) groups excluding carboxylic acids is 1. The Morgan fingerprint density at radius 1 is 1.10 bits per heavy atom. The predicted molar refractivity (Wildman–Crippen MR) is 126 cm³/mol. The number of nitrogens with zero attached hydrogens (tertiary/aromatic N) is 1. The van der Waals surface area contributed by atoms with Crippen molar-refractivity contribution in [1.82, 2.24) is 10.2 Å². The summed E-state index contributed by atoms with van der Waals surface area (Å²) in [5.41, 5.74) is 3.77. The van der Waals surface area contributed by atoms with E-state index in [4.69, 9.17) is 11.6 Å². The molecule has 1 fully saturated rings. The van der Waals surface area contributed by atoms with Crippen molar-refractivity contribution in [3.05, 3.63) is 82.2 Å². The quantitative estimate of drug-likeness (QED) is 0.517. The average molecular weight is 439 g/mol. The first-order valence-electron chi connectivity index (χ1n) is 10.5. The summed E-state index contributed by atoms with van der Waals surface area (Å²) in [4.78, 5) is 16.4. The van der Waals surface area contributed by atoms with Gasteiger partial charge >= 0.3 is 0 Å². The van der Waals surface area contributed by atoms with E-state index < -0.39 is 0 Å². The first-order valence-corrected chi connectivity index (χ1v) is 11.8. The van der Waals surface area contributed by atoms with Crippen LogP contribution in [0.5, 0.6) is 0 Å². The van der Waals surface area contributed by atoms with Gasteiger partial charge in [-0.15, -0.1) is 11.3 Å². The van der Waals surface area contributed by atoms with E-state index in [9.17, 15) is 4.79 Å². The fourth-order valence-corrected chi connectivity index (χ4v) is 4.91. The van der Waals surface area contributed by atoms with Gasteiger partial charge in [-0.2, -0.15) is 0 Å². The molecule has 1 atom stereocenters. The topological polar surface area (TPSA) is 32.3 Å². The molecule has 1 N–H and O–H groups in total. The first-order chi connectivity index (χ1) is 14.7. The van der Waals surface area contributed by atoms with E-state index in [-0.39, 0.29) is 11.8 Å². The van der Waals surface area contributed by atoms with E-state index in [1.807, 2.05) is 24.3 Å². The van der Waals surface area contributed by atoms with Gasteiger partial charge in [-0.1, -0.05) is 48.0 Å². The van der Waals surface area contributed by atoms with Gasteiger partial charge in [0.15, 0.2) is 0 Å². The summed E-state index contributed by atoms with van der Waals surface area (Å²) in [6.07, 6.45) is 2.87. The minimum Gasteiger partial charge on any atom is -0.355 e. The molecule has 0 aliphatic carbocycles. The molecule has 5 heteroatoms. The lowest BCUT2D eigenvalue weighted by Gasteiger charge is -2.32. The predicted octanol–water partition coefficient (Wildman–Crippen LogP) is 5.64. The molecule has 0 radical (unpaired) electrons. The van der Waals surface area contributed by atoms with E-state index in [1.54, 1.807) is 11.3 Å². The molecule has 2 aromatic carbocycles. The van der Waals surface area contributed by atoms with Crippen molar-refractivity contribution >= 4 is 28.8 Å². The van der Waals surface area contributed by atoms with Crippen molar-refractivity contribution in [2.45, 2.75) is 25.8 Å². The zero-order valence-corrected chi connectivity index (χ0v) is 18.6. The SMILES string of the molecule is O=C(NCCc1ccc(Cl)cc1)C1CCCN(Cc2cccc(-c3cccs3)c2)C1. The van der Waals surface area contributed by atoms with Gasteiger partial charge in [0.25, 0.3) is 0 Å². The molecular formula is C25H27ClN2OS. The lowest BCUT2D eigenvalue weighted by molar-refractivity contribution is -0.126. The normalized spacial score (nSPS) is 17.0. The second kappa shape index (κ2) is 10.3. The highest BCUT2D eigenvalue weighted by Gasteiger charge is 2.25. The molecule has 1 aliphatic rings. The maximum atomic E-state index is 12.7. The molecule has 3 aromatic rings. The number of likely N-dealkylation sites (tertiary alicyclic amines) is 1. The molecule has 30 heavy (non-hydrogen) atoms. The monoisotopic (exact) mass is 438 g/mol. The maximum Gasteiger partial charge on any atom is 0.224 e. The lowest BCUT2D eigenvalue weighted by Crippen LogP contribution is -2.43. The van der Waals surface area contributed by atoms with Crippen LogP contribution < -0.4 is 5.32 Å². The van der Waals surface area contributed by atoms with E-state index in [0.29, 0.717) is 6.54 Å². The number of hydrogen-bond acceptors (Lipinski definition) is 3. The van der Waals surface area contributed by atoms with Crippen molar-refractivity contribution in [2.75, 3.05) is 19.6 Å². The lowest BCUT2D eigenvalue weighted by atomic mass is 9.96. The van der Waals surface area contributed by atoms with E-state index in [0.717, 1.165) is 43.9 Å². The summed E-state index contributed by atoms with van der Waals surface area (Å²) in [6, 6.07) is 20.8. The number of nitrogens with one attached hydrogen (secondary N) is 1.